The molecule has 3 aromatic rings. The summed E-state index contributed by atoms with van der Waals surface area (Å²) in [4.78, 5) is 18.7. The maximum atomic E-state index is 13.8. The Bertz CT molecular complexity index is 1390. The van der Waals surface area contributed by atoms with Crippen LogP contribution in [-0.2, 0) is 15.7 Å². The highest BCUT2D eigenvalue weighted by atomic mass is 28.4. The van der Waals surface area contributed by atoms with Crippen molar-refractivity contribution < 1.29 is 14.0 Å². The van der Waals surface area contributed by atoms with Gasteiger partial charge in [0.2, 0.25) is 0 Å². The Balaban J connectivity index is 1.39. The molecule has 4 fully saturated rings. The summed E-state index contributed by atoms with van der Waals surface area (Å²) in [5.41, 5.74) is 1.34. The number of rotatable bonds is 8. The highest BCUT2D eigenvalue weighted by Crippen LogP contribution is 2.55. The SMILES string of the molecule is CCOC(=O)N1C2CC3C[C@H]1[C@H](O[Si](c1ccccc1)(c1ccccc1)C(C)(C)C)C2N(Cc1ccccc1)C3C1CCC1. The molecule has 3 bridgehead atoms. The molecule has 3 saturated heterocycles. The third-order valence-electron chi connectivity index (χ3n) is 11.2. The molecule has 5 nitrogen and oxygen atoms in total. The Morgan fingerprint density at radius 1 is 0.795 bits per heavy atom. The number of hydrogen-bond acceptors (Lipinski definition) is 4. The van der Waals surface area contributed by atoms with Gasteiger partial charge in [0, 0.05) is 12.6 Å². The van der Waals surface area contributed by atoms with Gasteiger partial charge in [-0.25, -0.2) is 4.79 Å². The van der Waals surface area contributed by atoms with E-state index in [1.165, 1.54) is 35.2 Å². The van der Waals surface area contributed by atoms with E-state index in [4.69, 9.17) is 9.16 Å². The predicted octanol–water partition coefficient (Wildman–Crippen LogP) is 6.60. The molecular weight excluding hydrogens is 561 g/mol. The van der Waals surface area contributed by atoms with Crippen LogP contribution in [0.25, 0.3) is 0 Å². The van der Waals surface area contributed by atoms with Crippen molar-refractivity contribution in [1.82, 2.24) is 9.80 Å². The molecule has 1 saturated carbocycles. The number of piperidine rings is 2. The molecule has 1 aliphatic carbocycles. The Labute approximate surface area is 264 Å². The lowest BCUT2D eigenvalue weighted by molar-refractivity contribution is -0.0659. The van der Waals surface area contributed by atoms with Crippen LogP contribution in [0.2, 0.25) is 5.04 Å². The summed E-state index contributed by atoms with van der Waals surface area (Å²) in [6.07, 6.45) is 5.73. The van der Waals surface area contributed by atoms with Gasteiger partial charge in [-0.15, -0.1) is 0 Å². The minimum atomic E-state index is -2.87. The fraction of sp³-hybridized carbons (Fsp3) is 0.500. The molecule has 3 aliphatic heterocycles. The zero-order valence-corrected chi connectivity index (χ0v) is 27.8. The molecule has 232 valence electrons. The molecule has 1 amide bonds. The first kappa shape index (κ1) is 29.8. The number of likely N-dealkylation sites (tertiary alicyclic amines) is 1. The molecule has 0 aromatic heterocycles. The van der Waals surface area contributed by atoms with E-state index in [-0.39, 0.29) is 35.4 Å². The van der Waals surface area contributed by atoms with Crippen molar-refractivity contribution >= 4 is 24.8 Å². The first-order chi connectivity index (χ1) is 21.3. The second kappa shape index (κ2) is 11.8. The number of nitrogens with zero attached hydrogens (tertiary/aromatic N) is 2. The van der Waals surface area contributed by atoms with Crippen LogP contribution >= 0.6 is 0 Å². The van der Waals surface area contributed by atoms with E-state index in [0.717, 1.165) is 25.3 Å². The van der Waals surface area contributed by atoms with Gasteiger partial charge in [-0.3, -0.25) is 9.80 Å². The van der Waals surface area contributed by atoms with E-state index in [9.17, 15) is 4.79 Å². The Kier molecular flexibility index (Phi) is 7.96. The molecule has 6 atom stereocenters. The van der Waals surface area contributed by atoms with Crippen LogP contribution in [0.1, 0.15) is 65.4 Å². The molecule has 0 N–H and O–H groups in total. The third kappa shape index (κ3) is 4.85. The van der Waals surface area contributed by atoms with E-state index in [0.29, 0.717) is 18.6 Å². The predicted molar refractivity (Wildman–Crippen MR) is 179 cm³/mol. The normalized spacial score (nSPS) is 28.6. The van der Waals surface area contributed by atoms with Gasteiger partial charge in [-0.1, -0.05) is 118 Å². The lowest BCUT2D eigenvalue weighted by Gasteiger charge is -2.55. The minimum Gasteiger partial charge on any atom is -0.450 e. The van der Waals surface area contributed by atoms with E-state index >= 15 is 0 Å². The number of hydrogen-bond donors (Lipinski definition) is 0. The first-order valence-electron chi connectivity index (χ1n) is 16.9. The van der Waals surface area contributed by atoms with Gasteiger partial charge in [0.05, 0.1) is 30.8 Å². The van der Waals surface area contributed by atoms with Crippen molar-refractivity contribution in [2.24, 2.45) is 11.8 Å². The lowest BCUT2D eigenvalue weighted by Crippen LogP contribution is -2.70. The van der Waals surface area contributed by atoms with Crippen molar-refractivity contribution in [1.29, 1.82) is 0 Å². The fourth-order valence-electron chi connectivity index (χ4n) is 9.35. The second-order valence-electron chi connectivity index (χ2n) is 14.5. The zero-order chi connectivity index (χ0) is 30.5. The van der Waals surface area contributed by atoms with Crippen LogP contribution < -0.4 is 10.4 Å². The number of carbonyl (C=O) groups is 1. The van der Waals surface area contributed by atoms with Crippen molar-refractivity contribution in [3.05, 3.63) is 96.6 Å². The van der Waals surface area contributed by atoms with Crippen LogP contribution in [0.4, 0.5) is 4.79 Å². The van der Waals surface area contributed by atoms with Crippen LogP contribution in [0.5, 0.6) is 0 Å². The molecule has 0 spiro atoms. The summed E-state index contributed by atoms with van der Waals surface area (Å²) in [7, 11) is -2.87. The van der Waals surface area contributed by atoms with Crippen LogP contribution in [0, 0.1) is 11.8 Å². The summed E-state index contributed by atoms with van der Waals surface area (Å²) in [5.74, 6) is 1.29. The number of ether oxygens (including phenoxy) is 1. The Hall–Kier alpha value is -2.93. The number of benzene rings is 3. The summed E-state index contributed by atoms with van der Waals surface area (Å²) >= 11 is 0. The van der Waals surface area contributed by atoms with E-state index in [1.54, 1.807) is 0 Å². The smallest absolute Gasteiger partial charge is 0.410 e. The molecule has 4 aliphatic rings. The summed E-state index contributed by atoms with van der Waals surface area (Å²) in [6.45, 7) is 10.3. The van der Waals surface area contributed by atoms with E-state index < -0.39 is 8.32 Å². The van der Waals surface area contributed by atoms with Crippen LogP contribution in [0.15, 0.2) is 91.0 Å². The fourth-order valence-corrected chi connectivity index (χ4v) is 14.1. The number of carbonyl (C=O) groups excluding carboxylic acids is 1. The molecule has 0 radical (unpaired) electrons. The third-order valence-corrected chi connectivity index (χ3v) is 16.2. The van der Waals surface area contributed by atoms with E-state index in [1.807, 2.05) is 6.92 Å². The first-order valence-corrected chi connectivity index (χ1v) is 18.8. The van der Waals surface area contributed by atoms with Crippen molar-refractivity contribution in [3.8, 4) is 0 Å². The summed E-state index contributed by atoms with van der Waals surface area (Å²) in [6, 6.07) is 33.7. The molecule has 3 aromatic carbocycles. The average molecular weight is 609 g/mol. The van der Waals surface area contributed by atoms with Crippen molar-refractivity contribution in [3.63, 3.8) is 0 Å². The number of amides is 1. The Morgan fingerprint density at radius 3 is 1.89 bits per heavy atom. The standard InChI is InChI=1S/C38H48N2O3Si/c1-5-42-37(41)40-32-24-29-25-33(40)36(35(32)39(34(29)28-18-15-19-28)26-27-16-9-6-10-17-27)43-44(38(2,3)4,30-20-11-7-12-21-30)31-22-13-8-14-23-31/h6-14,16-17,20-23,28-29,32-36H,5,15,18-19,24-26H2,1-4H3/t29?,32?,33-,34?,35?,36-/m0/s1. The highest BCUT2D eigenvalue weighted by Gasteiger charge is 2.66. The van der Waals surface area contributed by atoms with Crippen LogP contribution in [0.3, 0.4) is 0 Å². The molecule has 4 unspecified atom stereocenters. The largest absolute Gasteiger partial charge is 0.450 e. The second-order valence-corrected chi connectivity index (χ2v) is 18.8. The highest BCUT2D eigenvalue weighted by molar-refractivity contribution is 6.99. The Morgan fingerprint density at radius 2 is 1.36 bits per heavy atom. The maximum absolute atomic E-state index is 13.8. The van der Waals surface area contributed by atoms with Gasteiger partial charge >= 0.3 is 6.09 Å². The van der Waals surface area contributed by atoms with Gasteiger partial charge in [0.1, 0.15) is 0 Å². The summed E-state index contributed by atoms with van der Waals surface area (Å²) in [5, 5.41) is 2.45. The quantitative estimate of drug-likeness (QED) is 0.270. The monoisotopic (exact) mass is 608 g/mol. The minimum absolute atomic E-state index is 0.00722. The van der Waals surface area contributed by atoms with Crippen molar-refractivity contribution in [2.75, 3.05) is 6.61 Å². The topological polar surface area (TPSA) is 42.0 Å². The number of fused-ring (bicyclic) bond motifs is 2. The van der Waals surface area contributed by atoms with Gasteiger partial charge in [-0.2, -0.15) is 0 Å². The molecule has 3 heterocycles. The van der Waals surface area contributed by atoms with Gasteiger partial charge in [-0.05, 0) is 65.4 Å². The maximum Gasteiger partial charge on any atom is 0.410 e. The molecular formula is C38H48N2O3Si. The van der Waals surface area contributed by atoms with Crippen molar-refractivity contribution in [2.45, 2.75) is 102 Å². The van der Waals surface area contributed by atoms with Gasteiger partial charge in [0.25, 0.3) is 8.32 Å². The molecule has 7 rings (SSSR count). The molecule has 44 heavy (non-hydrogen) atoms. The average Bonchev–Trinajstić information content (AvgIpc) is 3.13. The summed E-state index contributed by atoms with van der Waals surface area (Å²) < 4.78 is 13.8. The van der Waals surface area contributed by atoms with E-state index in [2.05, 4.69) is 122 Å². The lowest BCUT2D eigenvalue weighted by atomic mass is 9.68. The van der Waals surface area contributed by atoms with Crippen LogP contribution in [-0.4, -0.2) is 61.1 Å². The zero-order valence-electron chi connectivity index (χ0n) is 26.8. The van der Waals surface area contributed by atoms with Gasteiger partial charge in [0.15, 0.2) is 0 Å². The van der Waals surface area contributed by atoms with Gasteiger partial charge < -0.3 is 9.16 Å². The molecule has 6 heteroatoms.